The van der Waals surface area contributed by atoms with E-state index in [-0.39, 0.29) is 29.4 Å². The zero-order valence-electron chi connectivity index (χ0n) is 18.7. The molecular weight excluding hydrogens is 452 g/mol. The van der Waals surface area contributed by atoms with E-state index in [0.29, 0.717) is 12.2 Å². The van der Waals surface area contributed by atoms with Crippen molar-refractivity contribution < 1.29 is 54.0 Å². The zero-order valence-corrected chi connectivity index (χ0v) is 18.7. The van der Waals surface area contributed by atoms with Gasteiger partial charge in [-0.05, 0) is 36.2 Å². The van der Waals surface area contributed by atoms with Crippen molar-refractivity contribution in [1.82, 2.24) is 0 Å². The quantitative estimate of drug-likeness (QED) is 0.307. The number of aromatic hydroxyl groups is 1. The Morgan fingerprint density at radius 3 is 2.15 bits per heavy atom. The lowest BCUT2D eigenvalue weighted by molar-refractivity contribution is -0.277. The van der Waals surface area contributed by atoms with E-state index in [4.69, 9.17) is 28.8 Å². The summed E-state index contributed by atoms with van der Waals surface area (Å²) in [7, 11) is 2.62. The van der Waals surface area contributed by atoms with Crippen molar-refractivity contribution >= 4 is 5.97 Å². The van der Waals surface area contributed by atoms with E-state index in [0.717, 1.165) is 5.56 Å². The monoisotopic (exact) mass is 480 g/mol. The first-order valence-corrected chi connectivity index (χ1v) is 10.5. The van der Waals surface area contributed by atoms with Gasteiger partial charge in [0.05, 0.1) is 19.8 Å². The van der Waals surface area contributed by atoms with Gasteiger partial charge >= 0.3 is 5.97 Å². The van der Waals surface area contributed by atoms with Crippen LogP contribution in [0.2, 0.25) is 0 Å². The number of phenolic OH excluding ortho intramolecular Hbond substituents is 1. The number of carbonyl (C=O) groups is 1. The molecule has 0 aromatic heterocycles. The average Bonchev–Trinajstić information content (AvgIpc) is 2.84. The van der Waals surface area contributed by atoms with Crippen LogP contribution in [0.1, 0.15) is 15.9 Å². The van der Waals surface area contributed by atoms with Crippen LogP contribution < -0.4 is 14.2 Å². The summed E-state index contributed by atoms with van der Waals surface area (Å²) in [6.45, 7) is -0.469. The number of ether oxygens (including phenoxy) is 5. The van der Waals surface area contributed by atoms with Gasteiger partial charge in [0.15, 0.2) is 11.5 Å². The second kappa shape index (κ2) is 11.4. The first kappa shape index (κ1) is 25.5. The molecule has 0 aliphatic carbocycles. The average molecular weight is 480 g/mol. The maximum absolute atomic E-state index is 12.5. The summed E-state index contributed by atoms with van der Waals surface area (Å²) in [5.74, 6) is -0.790. The molecule has 5 atom stereocenters. The smallest absolute Gasteiger partial charge is 0.338 e. The van der Waals surface area contributed by atoms with E-state index in [1.807, 2.05) is 0 Å². The Labute approximate surface area is 195 Å². The Morgan fingerprint density at radius 2 is 1.59 bits per heavy atom. The van der Waals surface area contributed by atoms with E-state index in [9.17, 15) is 25.2 Å². The second-order valence-corrected chi connectivity index (χ2v) is 7.58. The third-order valence-corrected chi connectivity index (χ3v) is 5.34. The molecule has 2 aromatic rings. The molecule has 0 saturated carbocycles. The van der Waals surface area contributed by atoms with Gasteiger partial charge in [-0.1, -0.05) is 12.1 Å². The molecule has 0 spiro atoms. The topological polar surface area (TPSA) is 164 Å². The molecule has 1 aliphatic heterocycles. The van der Waals surface area contributed by atoms with Crippen molar-refractivity contribution in [1.29, 1.82) is 0 Å². The van der Waals surface area contributed by atoms with Gasteiger partial charge in [-0.2, -0.15) is 0 Å². The summed E-state index contributed by atoms with van der Waals surface area (Å²) >= 11 is 0. The molecule has 11 heteroatoms. The van der Waals surface area contributed by atoms with Gasteiger partial charge in [-0.3, -0.25) is 0 Å². The van der Waals surface area contributed by atoms with Crippen LogP contribution in [0.3, 0.4) is 0 Å². The fraction of sp³-hybridized carbons (Fsp3) is 0.435. The maximum Gasteiger partial charge on any atom is 0.338 e. The highest BCUT2D eigenvalue weighted by Crippen LogP contribution is 2.37. The highest BCUT2D eigenvalue weighted by Gasteiger charge is 2.45. The van der Waals surface area contributed by atoms with Gasteiger partial charge in [-0.15, -0.1) is 0 Å². The van der Waals surface area contributed by atoms with Crippen LogP contribution in [0.5, 0.6) is 23.0 Å². The predicted octanol–water partition coefficient (Wildman–Crippen LogP) is -0.0124. The summed E-state index contributed by atoms with van der Waals surface area (Å²) in [6, 6.07) is 9.18. The molecule has 1 aliphatic rings. The van der Waals surface area contributed by atoms with Gasteiger partial charge in [0.2, 0.25) is 12.0 Å². The molecule has 11 nitrogen and oxygen atoms in total. The number of benzene rings is 2. The lowest BCUT2D eigenvalue weighted by Gasteiger charge is -2.39. The molecule has 1 heterocycles. The number of rotatable bonds is 9. The minimum Gasteiger partial charge on any atom is -0.502 e. The number of hydrogen-bond donors (Lipinski definition) is 5. The molecule has 1 saturated heterocycles. The summed E-state index contributed by atoms with van der Waals surface area (Å²) in [5, 5.41) is 49.8. The van der Waals surface area contributed by atoms with Gasteiger partial charge in [0, 0.05) is 6.61 Å². The molecule has 34 heavy (non-hydrogen) atoms. The van der Waals surface area contributed by atoms with Crippen molar-refractivity contribution in [2.45, 2.75) is 37.1 Å². The van der Waals surface area contributed by atoms with E-state index in [1.165, 1.54) is 26.4 Å². The molecule has 0 bridgehead atoms. The maximum atomic E-state index is 12.5. The van der Waals surface area contributed by atoms with Crippen molar-refractivity contribution in [3.63, 3.8) is 0 Å². The van der Waals surface area contributed by atoms with Gasteiger partial charge in [-0.25, -0.2) is 4.79 Å². The summed E-state index contributed by atoms with van der Waals surface area (Å²) in [6.07, 6.45) is -6.82. The fourth-order valence-corrected chi connectivity index (χ4v) is 3.40. The minimum atomic E-state index is -1.62. The predicted molar refractivity (Wildman–Crippen MR) is 116 cm³/mol. The van der Waals surface area contributed by atoms with E-state index < -0.39 is 43.3 Å². The number of methoxy groups -OCH3 is 2. The summed E-state index contributed by atoms with van der Waals surface area (Å²) < 4.78 is 26.4. The molecular formula is C23H28O11. The molecule has 0 unspecified atom stereocenters. The SMILES string of the molecule is COc1cc(C(=O)OC[C@H]2O[C@@H](Oc3ccc(CCO)cc3)[C@H](O)[C@@H](O)[C@@H]2O)cc(OC)c1O. The number of aliphatic hydroxyl groups is 4. The number of phenols is 1. The van der Waals surface area contributed by atoms with Gasteiger partial charge in [0.1, 0.15) is 36.8 Å². The van der Waals surface area contributed by atoms with Crippen molar-refractivity contribution in [3.8, 4) is 23.0 Å². The molecule has 5 N–H and O–H groups in total. The molecule has 0 amide bonds. The third kappa shape index (κ3) is 5.69. The van der Waals surface area contributed by atoms with Crippen LogP contribution in [-0.2, 0) is 15.9 Å². The van der Waals surface area contributed by atoms with Crippen molar-refractivity contribution in [3.05, 3.63) is 47.5 Å². The Kier molecular flexibility index (Phi) is 8.53. The Hall–Kier alpha value is -3.09. The standard InChI is InChI=1S/C23H28O11/c1-30-15-9-13(10-16(31-2)18(15)25)22(29)32-11-17-19(26)20(27)21(28)23(34-17)33-14-5-3-12(4-6-14)7-8-24/h3-6,9-10,17,19-21,23-28H,7-8,11H2,1-2H3/t17-,19-,20+,21-,23-/m1/s1. The minimum absolute atomic E-state index is 0.00115. The van der Waals surface area contributed by atoms with Crippen LogP contribution in [0.15, 0.2) is 36.4 Å². The fourth-order valence-electron chi connectivity index (χ4n) is 3.40. The second-order valence-electron chi connectivity index (χ2n) is 7.58. The van der Waals surface area contributed by atoms with E-state index in [2.05, 4.69) is 0 Å². The van der Waals surface area contributed by atoms with Gasteiger partial charge < -0.3 is 49.2 Å². The highest BCUT2D eigenvalue weighted by atomic mass is 16.7. The Morgan fingerprint density at radius 1 is 0.971 bits per heavy atom. The normalized spacial score (nSPS) is 24.4. The Bertz CT molecular complexity index is 937. The Balaban J connectivity index is 1.67. The van der Waals surface area contributed by atoms with Crippen molar-refractivity contribution in [2.24, 2.45) is 0 Å². The first-order valence-electron chi connectivity index (χ1n) is 10.5. The summed E-state index contributed by atoms with van der Waals surface area (Å²) in [4.78, 5) is 12.5. The van der Waals surface area contributed by atoms with Crippen LogP contribution in [0.4, 0.5) is 0 Å². The van der Waals surface area contributed by atoms with Crippen LogP contribution >= 0.6 is 0 Å². The van der Waals surface area contributed by atoms with Crippen LogP contribution in [0, 0.1) is 0 Å². The number of aliphatic hydroxyl groups excluding tert-OH is 4. The first-order chi connectivity index (χ1) is 16.3. The number of esters is 1. The number of carbonyl (C=O) groups excluding carboxylic acids is 1. The molecule has 2 aromatic carbocycles. The van der Waals surface area contributed by atoms with Gasteiger partial charge in [0.25, 0.3) is 0 Å². The highest BCUT2D eigenvalue weighted by molar-refractivity contribution is 5.91. The summed E-state index contributed by atoms with van der Waals surface area (Å²) in [5.41, 5.74) is 0.885. The largest absolute Gasteiger partial charge is 0.502 e. The van der Waals surface area contributed by atoms with E-state index in [1.54, 1.807) is 24.3 Å². The molecule has 3 rings (SSSR count). The van der Waals surface area contributed by atoms with Crippen LogP contribution in [-0.4, -0.2) is 89.6 Å². The number of hydrogen-bond acceptors (Lipinski definition) is 11. The van der Waals surface area contributed by atoms with Crippen molar-refractivity contribution in [2.75, 3.05) is 27.4 Å². The lowest BCUT2D eigenvalue weighted by atomic mass is 9.99. The van der Waals surface area contributed by atoms with Crippen LogP contribution in [0.25, 0.3) is 0 Å². The molecule has 0 radical (unpaired) electrons. The zero-order chi connectivity index (χ0) is 24.8. The van der Waals surface area contributed by atoms with E-state index >= 15 is 0 Å². The lowest BCUT2D eigenvalue weighted by Crippen LogP contribution is -2.60. The molecule has 1 fully saturated rings. The third-order valence-electron chi connectivity index (χ3n) is 5.34. The molecule has 186 valence electrons.